The monoisotopic (exact) mass is 327 g/mol. The van der Waals surface area contributed by atoms with Crippen molar-refractivity contribution >= 4 is 17.5 Å². The average molecular weight is 328 g/mol. The highest BCUT2D eigenvalue weighted by molar-refractivity contribution is 6.29. The molecule has 7 heteroatoms. The van der Waals surface area contributed by atoms with Crippen LogP contribution in [0.2, 0.25) is 5.22 Å². The van der Waals surface area contributed by atoms with Crippen molar-refractivity contribution in [2.45, 2.75) is 26.3 Å². The summed E-state index contributed by atoms with van der Waals surface area (Å²) in [5, 5.41) is 4.02. The van der Waals surface area contributed by atoms with Crippen LogP contribution in [0.4, 0.5) is 0 Å². The zero-order chi connectivity index (χ0) is 15.7. The lowest BCUT2D eigenvalue weighted by molar-refractivity contribution is -0.129. The first kappa shape index (κ1) is 15.8. The summed E-state index contributed by atoms with van der Waals surface area (Å²) >= 11 is 5.95. The van der Waals surface area contributed by atoms with Gasteiger partial charge in [0.15, 0.2) is 0 Å². The molecular formula is C15H22ClN3O3. The zero-order valence-electron chi connectivity index (χ0n) is 13.0. The molecule has 0 unspecified atom stereocenters. The first-order valence-electron chi connectivity index (χ1n) is 7.76. The highest BCUT2D eigenvalue weighted by Gasteiger charge is 2.36. The molecule has 0 bridgehead atoms. The van der Waals surface area contributed by atoms with E-state index in [9.17, 15) is 4.79 Å². The Morgan fingerprint density at radius 3 is 2.73 bits per heavy atom. The minimum Gasteiger partial charge on any atom is -0.379 e. The van der Waals surface area contributed by atoms with Gasteiger partial charge in [-0.2, -0.15) is 0 Å². The lowest BCUT2D eigenvalue weighted by Gasteiger charge is -2.33. The summed E-state index contributed by atoms with van der Waals surface area (Å²) in [6.07, 6.45) is 0.261. The quantitative estimate of drug-likeness (QED) is 0.839. The van der Waals surface area contributed by atoms with Crippen molar-refractivity contribution in [1.29, 1.82) is 0 Å². The summed E-state index contributed by atoms with van der Waals surface area (Å²) in [7, 11) is 0. The third-order valence-electron chi connectivity index (χ3n) is 4.70. The minimum absolute atomic E-state index is 0.0933. The van der Waals surface area contributed by atoms with E-state index in [-0.39, 0.29) is 17.5 Å². The van der Waals surface area contributed by atoms with E-state index in [1.54, 1.807) is 6.92 Å². The first-order valence-corrected chi connectivity index (χ1v) is 8.14. The number of carbonyl (C=O) groups excluding carboxylic acids is 1. The van der Waals surface area contributed by atoms with Gasteiger partial charge in [-0.15, -0.1) is 0 Å². The number of halogens is 1. The number of likely N-dealkylation sites (tertiary alicyclic amines) is 1. The summed E-state index contributed by atoms with van der Waals surface area (Å²) in [6, 6.07) is 0.423. The third-order valence-corrected chi connectivity index (χ3v) is 5.00. The molecular weight excluding hydrogens is 306 g/mol. The van der Waals surface area contributed by atoms with Gasteiger partial charge < -0.3 is 14.2 Å². The molecule has 2 fully saturated rings. The molecule has 22 heavy (non-hydrogen) atoms. The van der Waals surface area contributed by atoms with Gasteiger partial charge in [-0.05, 0) is 24.4 Å². The fourth-order valence-corrected chi connectivity index (χ4v) is 3.60. The van der Waals surface area contributed by atoms with Crippen LogP contribution in [0.5, 0.6) is 0 Å². The van der Waals surface area contributed by atoms with Crippen molar-refractivity contribution in [3.63, 3.8) is 0 Å². The van der Waals surface area contributed by atoms with Gasteiger partial charge in [0, 0.05) is 37.8 Å². The van der Waals surface area contributed by atoms with Crippen molar-refractivity contribution < 1.29 is 14.1 Å². The normalized spacial score (nSPS) is 26.6. The Morgan fingerprint density at radius 1 is 1.36 bits per heavy atom. The predicted octanol–water partition coefficient (Wildman–Crippen LogP) is 1.36. The van der Waals surface area contributed by atoms with Crippen LogP contribution >= 0.6 is 11.6 Å². The molecule has 2 aliphatic rings. The van der Waals surface area contributed by atoms with E-state index in [0.717, 1.165) is 39.4 Å². The zero-order valence-corrected chi connectivity index (χ0v) is 13.8. The number of hydrogen-bond acceptors (Lipinski definition) is 5. The van der Waals surface area contributed by atoms with Crippen molar-refractivity contribution in [3.8, 4) is 0 Å². The molecule has 2 atom stereocenters. The van der Waals surface area contributed by atoms with Crippen LogP contribution in [0, 0.1) is 12.8 Å². The molecule has 3 heterocycles. The number of aromatic nitrogens is 1. The van der Waals surface area contributed by atoms with Crippen LogP contribution in [0.25, 0.3) is 0 Å². The first-order chi connectivity index (χ1) is 10.6. The Morgan fingerprint density at radius 2 is 2.09 bits per heavy atom. The lowest BCUT2D eigenvalue weighted by atomic mass is 10.0. The van der Waals surface area contributed by atoms with E-state index < -0.39 is 0 Å². The molecule has 0 aliphatic carbocycles. The number of carbonyl (C=O) groups is 1. The van der Waals surface area contributed by atoms with Gasteiger partial charge in [-0.3, -0.25) is 9.69 Å². The average Bonchev–Trinajstić information content (AvgIpc) is 3.05. The molecule has 1 aromatic heterocycles. The van der Waals surface area contributed by atoms with Crippen LogP contribution in [-0.4, -0.2) is 66.3 Å². The van der Waals surface area contributed by atoms with E-state index >= 15 is 0 Å². The number of hydrogen-bond donors (Lipinski definition) is 0. The number of nitrogens with zero attached hydrogens (tertiary/aromatic N) is 3. The Balaban J connectivity index is 1.62. The van der Waals surface area contributed by atoms with Gasteiger partial charge in [0.1, 0.15) is 0 Å². The smallest absolute Gasteiger partial charge is 0.229 e. The van der Waals surface area contributed by atoms with E-state index in [1.807, 2.05) is 4.90 Å². The Labute approximate surface area is 135 Å². The van der Waals surface area contributed by atoms with Gasteiger partial charge in [0.2, 0.25) is 11.1 Å². The molecule has 3 rings (SSSR count). The molecule has 1 aromatic rings. The molecule has 6 nitrogen and oxygen atoms in total. The Hall–Kier alpha value is -1.11. The summed E-state index contributed by atoms with van der Waals surface area (Å²) < 4.78 is 10.3. The maximum absolute atomic E-state index is 12.5. The van der Waals surface area contributed by atoms with Crippen LogP contribution in [0.3, 0.4) is 0 Å². The molecule has 0 spiro atoms. The van der Waals surface area contributed by atoms with E-state index in [4.69, 9.17) is 20.9 Å². The van der Waals surface area contributed by atoms with Crippen molar-refractivity contribution in [2.75, 3.05) is 39.4 Å². The number of ether oxygens (including phenoxy) is 1. The maximum atomic E-state index is 12.5. The van der Waals surface area contributed by atoms with E-state index in [0.29, 0.717) is 23.2 Å². The van der Waals surface area contributed by atoms with Gasteiger partial charge in [0.05, 0.1) is 25.3 Å². The van der Waals surface area contributed by atoms with Gasteiger partial charge in [0.25, 0.3) is 0 Å². The summed E-state index contributed by atoms with van der Waals surface area (Å²) in [5.74, 6) is 0.567. The lowest BCUT2D eigenvalue weighted by Crippen LogP contribution is -2.47. The maximum Gasteiger partial charge on any atom is 0.229 e. The third kappa shape index (κ3) is 3.14. The topological polar surface area (TPSA) is 58.8 Å². The highest BCUT2D eigenvalue weighted by atomic mass is 35.5. The highest BCUT2D eigenvalue weighted by Crippen LogP contribution is 2.25. The Kier molecular flexibility index (Phi) is 4.70. The fourth-order valence-electron chi connectivity index (χ4n) is 3.36. The number of aryl methyl sites for hydroxylation is 1. The molecule has 0 radical (unpaired) electrons. The van der Waals surface area contributed by atoms with Gasteiger partial charge >= 0.3 is 0 Å². The molecule has 0 saturated carbocycles. The molecule has 122 valence electrons. The minimum atomic E-state index is 0.0933. The van der Waals surface area contributed by atoms with Gasteiger partial charge in [-0.25, -0.2) is 0 Å². The molecule has 1 amide bonds. The number of morpholine rings is 1. The molecule has 2 aliphatic heterocycles. The van der Waals surface area contributed by atoms with Crippen molar-refractivity contribution in [1.82, 2.24) is 15.0 Å². The molecule has 2 saturated heterocycles. The molecule has 0 aromatic carbocycles. The Bertz CT molecular complexity index is 523. The summed E-state index contributed by atoms with van der Waals surface area (Å²) in [4.78, 5) is 16.9. The summed E-state index contributed by atoms with van der Waals surface area (Å²) in [5.41, 5.74) is 1.39. The largest absolute Gasteiger partial charge is 0.379 e. The van der Waals surface area contributed by atoms with Crippen molar-refractivity contribution in [2.24, 2.45) is 5.92 Å². The van der Waals surface area contributed by atoms with E-state index in [1.165, 1.54) is 0 Å². The van der Waals surface area contributed by atoms with Crippen LogP contribution in [0.15, 0.2) is 4.52 Å². The second kappa shape index (κ2) is 6.56. The van der Waals surface area contributed by atoms with Crippen LogP contribution in [0.1, 0.15) is 18.2 Å². The second-order valence-electron chi connectivity index (χ2n) is 6.19. The number of rotatable bonds is 3. The fraction of sp³-hybridized carbons (Fsp3) is 0.733. The SMILES string of the molecule is Cc1noc(Cl)c1CC(=O)N1C[C@@H](C)[C@@H](N2CCOCC2)C1. The number of amides is 1. The second-order valence-corrected chi connectivity index (χ2v) is 6.53. The van der Waals surface area contributed by atoms with Crippen LogP contribution in [-0.2, 0) is 16.0 Å². The standard InChI is InChI=1S/C15H22ClN3O3/c1-10-8-19(9-13(10)18-3-5-21-6-4-18)14(20)7-12-11(2)17-22-15(12)16/h10,13H,3-9H2,1-2H3/t10-,13+/m1/s1. The molecule has 0 N–H and O–H groups in total. The van der Waals surface area contributed by atoms with Crippen LogP contribution < -0.4 is 0 Å². The van der Waals surface area contributed by atoms with Gasteiger partial charge in [-0.1, -0.05) is 12.1 Å². The van der Waals surface area contributed by atoms with Crippen molar-refractivity contribution in [3.05, 3.63) is 16.5 Å². The van der Waals surface area contributed by atoms with E-state index in [2.05, 4.69) is 17.0 Å². The predicted molar refractivity (Wildman–Crippen MR) is 81.9 cm³/mol. The summed E-state index contributed by atoms with van der Waals surface area (Å²) in [6.45, 7) is 9.07.